The lowest BCUT2D eigenvalue weighted by Crippen LogP contribution is -2.27. The average Bonchev–Trinajstić information content (AvgIpc) is 2.33. The first-order valence-electron chi connectivity index (χ1n) is 6.30. The fraction of sp³-hybridized carbons (Fsp3) is 0.500. The molecule has 5 N–H and O–H groups in total. The molecule has 0 aliphatic heterocycles. The summed E-state index contributed by atoms with van der Waals surface area (Å²) in [4.78, 5) is 10.7. The quantitative estimate of drug-likeness (QED) is 0.593. The summed E-state index contributed by atoms with van der Waals surface area (Å²) in [6.45, 7) is 5.47. The Morgan fingerprint density at radius 1 is 1.32 bits per heavy atom. The van der Waals surface area contributed by atoms with E-state index in [0.29, 0.717) is 24.2 Å². The highest BCUT2D eigenvalue weighted by molar-refractivity contribution is 5.72. The highest BCUT2D eigenvalue weighted by Gasteiger charge is 2.19. The first-order valence-corrected chi connectivity index (χ1v) is 6.30. The fourth-order valence-corrected chi connectivity index (χ4v) is 1.96. The minimum Gasteiger partial charge on any atom is -0.398 e. The van der Waals surface area contributed by atoms with E-state index in [1.165, 1.54) is 6.92 Å². The molecule has 0 heterocycles. The van der Waals surface area contributed by atoms with E-state index in [1.54, 1.807) is 12.1 Å². The molecule has 2 atom stereocenters. The van der Waals surface area contributed by atoms with Crippen LogP contribution < -0.4 is 11.1 Å². The van der Waals surface area contributed by atoms with Gasteiger partial charge in [0, 0.05) is 19.2 Å². The first-order chi connectivity index (χ1) is 8.82. The van der Waals surface area contributed by atoms with Crippen molar-refractivity contribution in [2.45, 2.75) is 39.4 Å². The highest BCUT2D eigenvalue weighted by atomic mass is 16.3. The van der Waals surface area contributed by atoms with Gasteiger partial charge in [-0.2, -0.15) is 0 Å². The van der Waals surface area contributed by atoms with Gasteiger partial charge < -0.3 is 21.3 Å². The molecule has 2 unspecified atom stereocenters. The topological polar surface area (TPSA) is 95.6 Å². The van der Waals surface area contributed by atoms with Crippen LogP contribution >= 0.6 is 0 Å². The maximum Gasteiger partial charge on any atom is 0.216 e. The summed E-state index contributed by atoms with van der Waals surface area (Å²) < 4.78 is 0. The lowest BCUT2D eigenvalue weighted by molar-refractivity contribution is -0.119. The van der Waals surface area contributed by atoms with Crippen molar-refractivity contribution in [3.63, 3.8) is 0 Å². The van der Waals surface area contributed by atoms with E-state index in [2.05, 4.69) is 5.32 Å². The van der Waals surface area contributed by atoms with Crippen LogP contribution in [0.3, 0.4) is 0 Å². The minimum absolute atomic E-state index is 0.152. The summed E-state index contributed by atoms with van der Waals surface area (Å²) in [7, 11) is 0. The average molecular weight is 266 g/mol. The molecule has 19 heavy (non-hydrogen) atoms. The van der Waals surface area contributed by atoms with Gasteiger partial charge >= 0.3 is 0 Å². The van der Waals surface area contributed by atoms with Crippen molar-refractivity contribution in [1.82, 2.24) is 5.32 Å². The Labute approximate surface area is 113 Å². The normalized spacial score (nSPS) is 13.9. The molecule has 106 valence electrons. The van der Waals surface area contributed by atoms with Gasteiger partial charge in [-0.05, 0) is 37.0 Å². The molecular formula is C14H22N2O3. The first kappa shape index (κ1) is 15.5. The lowest BCUT2D eigenvalue weighted by atomic mass is 9.97. The molecule has 0 fully saturated rings. The second-order valence-corrected chi connectivity index (χ2v) is 4.85. The molecule has 0 aliphatic rings. The molecule has 1 aromatic rings. The van der Waals surface area contributed by atoms with Crippen LogP contribution in [0.25, 0.3) is 0 Å². The summed E-state index contributed by atoms with van der Waals surface area (Å²) >= 11 is 0. The van der Waals surface area contributed by atoms with Gasteiger partial charge in [-0.3, -0.25) is 4.79 Å². The van der Waals surface area contributed by atoms with E-state index in [0.717, 1.165) is 11.1 Å². The third kappa shape index (κ3) is 4.22. The Morgan fingerprint density at radius 2 is 1.84 bits per heavy atom. The molecule has 0 bridgehead atoms. The molecule has 0 aromatic heterocycles. The Kier molecular flexibility index (Phi) is 5.32. The van der Waals surface area contributed by atoms with Gasteiger partial charge in [-0.15, -0.1) is 0 Å². The van der Waals surface area contributed by atoms with Crippen LogP contribution in [0.15, 0.2) is 12.1 Å². The van der Waals surface area contributed by atoms with Gasteiger partial charge in [0.25, 0.3) is 0 Å². The summed E-state index contributed by atoms with van der Waals surface area (Å²) in [5, 5.41) is 22.6. The van der Waals surface area contributed by atoms with Crippen LogP contribution in [-0.2, 0) is 4.79 Å². The highest BCUT2D eigenvalue weighted by Crippen LogP contribution is 2.25. The second kappa shape index (κ2) is 6.54. The number of nitrogens with one attached hydrogen (secondary N) is 1. The van der Waals surface area contributed by atoms with Gasteiger partial charge in [-0.25, -0.2) is 0 Å². The third-order valence-corrected chi connectivity index (χ3v) is 3.14. The fourth-order valence-electron chi connectivity index (χ4n) is 1.96. The van der Waals surface area contributed by atoms with Crippen LogP contribution in [0.5, 0.6) is 0 Å². The number of carbonyl (C=O) groups excluding carboxylic acids is 1. The van der Waals surface area contributed by atoms with Gasteiger partial charge in [0.2, 0.25) is 5.91 Å². The van der Waals surface area contributed by atoms with Gasteiger partial charge in [0.1, 0.15) is 6.10 Å². The number of aryl methyl sites for hydroxylation is 2. The number of aliphatic hydroxyl groups excluding tert-OH is 2. The number of anilines is 1. The molecule has 5 heteroatoms. The number of aliphatic hydroxyl groups is 2. The predicted octanol–water partition coefficient (Wildman–Crippen LogP) is 0.806. The van der Waals surface area contributed by atoms with E-state index < -0.39 is 12.2 Å². The second-order valence-electron chi connectivity index (χ2n) is 4.85. The monoisotopic (exact) mass is 266 g/mol. The van der Waals surface area contributed by atoms with Crippen molar-refractivity contribution in [2.24, 2.45) is 0 Å². The van der Waals surface area contributed by atoms with Gasteiger partial charge in [0.05, 0.1) is 6.10 Å². The molecule has 0 aliphatic carbocycles. The van der Waals surface area contributed by atoms with Crippen LogP contribution in [0.2, 0.25) is 0 Å². The number of nitrogen functional groups attached to an aromatic ring is 1. The maximum atomic E-state index is 10.7. The van der Waals surface area contributed by atoms with Crippen LogP contribution in [0.4, 0.5) is 5.69 Å². The van der Waals surface area contributed by atoms with Crippen LogP contribution in [0.1, 0.15) is 36.1 Å². The Bertz CT molecular complexity index is 437. The summed E-state index contributed by atoms with van der Waals surface area (Å²) in [5.74, 6) is -0.152. The standard InChI is InChI=1S/C14H22N2O3/c1-8-6-11(7-9(2)13(8)15)14(19)12(18)4-5-16-10(3)17/h6-7,12,14,18-19H,4-5,15H2,1-3H3,(H,16,17). The molecule has 0 saturated heterocycles. The third-order valence-electron chi connectivity index (χ3n) is 3.14. The molecule has 1 amide bonds. The van der Waals surface area contributed by atoms with Crippen LogP contribution in [-0.4, -0.2) is 28.8 Å². The minimum atomic E-state index is -0.980. The van der Waals surface area contributed by atoms with E-state index in [9.17, 15) is 15.0 Å². The smallest absolute Gasteiger partial charge is 0.216 e. The zero-order valence-corrected chi connectivity index (χ0v) is 11.6. The zero-order valence-electron chi connectivity index (χ0n) is 11.6. The van der Waals surface area contributed by atoms with E-state index >= 15 is 0 Å². The Balaban J connectivity index is 2.71. The number of hydrogen-bond donors (Lipinski definition) is 4. The molecule has 1 aromatic carbocycles. The number of hydrogen-bond acceptors (Lipinski definition) is 4. The number of nitrogens with two attached hydrogens (primary N) is 1. The van der Waals surface area contributed by atoms with Crippen molar-refractivity contribution in [1.29, 1.82) is 0 Å². The van der Waals surface area contributed by atoms with Crippen LogP contribution in [0, 0.1) is 13.8 Å². The summed E-state index contributed by atoms with van der Waals surface area (Å²) in [6, 6.07) is 3.54. The van der Waals surface area contributed by atoms with E-state index in [1.807, 2.05) is 13.8 Å². The van der Waals surface area contributed by atoms with Crippen molar-refractivity contribution >= 4 is 11.6 Å². The molecule has 5 nitrogen and oxygen atoms in total. The van der Waals surface area contributed by atoms with Crippen molar-refractivity contribution in [3.05, 3.63) is 28.8 Å². The summed E-state index contributed by atoms with van der Waals surface area (Å²) in [5.41, 5.74) is 8.94. The van der Waals surface area contributed by atoms with Gasteiger partial charge in [-0.1, -0.05) is 12.1 Å². The van der Waals surface area contributed by atoms with Crippen molar-refractivity contribution < 1.29 is 15.0 Å². The predicted molar refractivity (Wildman–Crippen MR) is 74.6 cm³/mol. The van der Waals surface area contributed by atoms with E-state index in [4.69, 9.17) is 5.73 Å². The summed E-state index contributed by atoms with van der Waals surface area (Å²) in [6.07, 6.45) is -1.61. The number of benzene rings is 1. The number of carbonyl (C=O) groups is 1. The largest absolute Gasteiger partial charge is 0.398 e. The number of rotatable bonds is 5. The van der Waals surface area contributed by atoms with Gasteiger partial charge in [0.15, 0.2) is 0 Å². The zero-order chi connectivity index (χ0) is 14.6. The van der Waals surface area contributed by atoms with Crippen molar-refractivity contribution in [3.8, 4) is 0 Å². The molecule has 0 radical (unpaired) electrons. The molecule has 1 rings (SSSR count). The molecule has 0 saturated carbocycles. The number of amides is 1. The van der Waals surface area contributed by atoms with Crippen molar-refractivity contribution in [2.75, 3.05) is 12.3 Å². The Hall–Kier alpha value is -1.59. The lowest BCUT2D eigenvalue weighted by Gasteiger charge is -2.20. The SMILES string of the molecule is CC(=O)NCCC(O)C(O)c1cc(C)c(N)c(C)c1. The molecule has 0 spiro atoms. The Morgan fingerprint density at radius 3 is 2.32 bits per heavy atom. The molecular weight excluding hydrogens is 244 g/mol. The maximum absolute atomic E-state index is 10.7. The van der Waals surface area contributed by atoms with E-state index in [-0.39, 0.29) is 5.91 Å².